The summed E-state index contributed by atoms with van der Waals surface area (Å²) in [5.74, 6) is 2.05. The van der Waals surface area contributed by atoms with Gasteiger partial charge in [-0.05, 0) is 57.5 Å². The summed E-state index contributed by atoms with van der Waals surface area (Å²) in [4.78, 5) is 18.5. The molecule has 6 heteroatoms. The zero-order valence-electron chi connectivity index (χ0n) is 15.6. The number of hydrogen-bond donors (Lipinski definition) is 1. The summed E-state index contributed by atoms with van der Waals surface area (Å²) >= 11 is 0. The number of nitrogens with zero attached hydrogens (tertiary/aromatic N) is 4. The normalized spacial score (nSPS) is 24.2. The summed E-state index contributed by atoms with van der Waals surface area (Å²) in [5, 5.41) is 4.53. The Hall–Kier alpha value is -1.43. The van der Waals surface area contributed by atoms with Gasteiger partial charge in [0.25, 0.3) is 0 Å². The standard InChI is InChI=1S/C19H33N5O/c1-2-3-13-24-19(21-18(22-24)14-17(20)25)10-9-15-7-6-12-23-11-5-4-8-16(15)23/h15-16H,2-14H2,1H3,(H2,20,25)/t15-,16+/m0/s1. The number of amides is 1. The molecule has 1 aromatic rings. The van der Waals surface area contributed by atoms with E-state index in [1.807, 2.05) is 4.68 Å². The van der Waals surface area contributed by atoms with Gasteiger partial charge in [0.2, 0.25) is 5.91 Å². The molecule has 25 heavy (non-hydrogen) atoms. The number of carbonyl (C=O) groups excluding carboxylic acids is 1. The minimum absolute atomic E-state index is 0.145. The van der Waals surface area contributed by atoms with Crippen LogP contribution in [0.4, 0.5) is 0 Å². The predicted molar refractivity (Wildman–Crippen MR) is 98.1 cm³/mol. The Balaban J connectivity index is 1.64. The number of aromatic nitrogens is 3. The first kappa shape index (κ1) is 18.4. The number of fused-ring (bicyclic) bond motifs is 1. The fourth-order valence-corrected chi connectivity index (χ4v) is 4.56. The Morgan fingerprint density at radius 2 is 2.08 bits per heavy atom. The molecule has 1 aromatic heterocycles. The average Bonchev–Trinajstić information content (AvgIpc) is 2.98. The fraction of sp³-hybridized carbons (Fsp3) is 0.842. The van der Waals surface area contributed by atoms with Crippen LogP contribution in [0.25, 0.3) is 0 Å². The second-order valence-electron chi connectivity index (χ2n) is 7.70. The average molecular weight is 348 g/mol. The Labute approximate surface area is 151 Å². The van der Waals surface area contributed by atoms with Crippen LogP contribution in [-0.2, 0) is 24.2 Å². The number of primary amides is 1. The minimum atomic E-state index is -0.357. The lowest BCUT2D eigenvalue weighted by Crippen LogP contribution is -2.48. The number of aryl methyl sites for hydroxylation is 2. The summed E-state index contributed by atoms with van der Waals surface area (Å²) < 4.78 is 2.02. The van der Waals surface area contributed by atoms with Crippen molar-refractivity contribution in [2.45, 2.75) is 83.7 Å². The van der Waals surface area contributed by atoms with Crippen molar-refractivity contribution in [3.63, 3.8) is 0 Å². The van der Waals surface area contributed by atoms with Crippen LogP contribution >= 0.6 is 0 Å². The summed E-state index contributed by atoms with van der Waals surface area (Å²) in [5.41, 5.74) is 5.31. The summed E-state index contributed by atoms with van der Waals surface area (Å²) in [6.45, 7) is 5.64. The minimum Gasteiger partial charge on any atom is -0.369 e. The van der Waals surface area contributed by atoms with E-state index in [9.17, 15) is 4.79 Å². The molecular formula is C19H33N5O. The topological polar surface area (TPSA) is 77.0 Å². The molecule has 0 saturated carbocycles. The number of unbranched alkanes of at least 4 members (excludes halogenated alkanes) is 1. The second-order valence-corrected chi connectivity index (χ2v) is 7.70. The Morgan fingerprint density at radius 3 is 2.88 bits per heavy atom. The first-order chi connectivity index (χ1) is 12.2. The van der Waals surface area contributed by atoms with Gasteiger partial charge in [-0.1, -0.05) is 19.8 Å². The van der Waals surface area contributed by atoms with Crippen molar-refractivity contribution in [1.29, 1.82) is 0 Å². The van der Waals surface area contributed by atoms with Crippen LogP contribution in [0.3, 0.4) is 0 Å². The van der Waals surface area contributed by atoms with E-state index in [4.69, 9.17) is 5.73 Å². The van der Waals surface area contributed by atoms with E-state index in [0.29, 0.717) is 5.82 Å². The van der Waals surface area contributed by atoms with Gasteiger partial charge >= 0.3 is 0 Å². The molecule has 3 heterocycles. The molecule has 1 amide bonds. The molecule has 0 unspecified atom stereocenters. The van der Waals surface area contributed by atoms with Gasteiger partial charge in [0.1, 0.15) is 5.82 Å². The largest absolute Gasteiger partial charge is 0.369 e. The van der Waals surface area contributed by atoms with Crippen LogP contribution in [0.15, 0.2) is 0 Å². The Bertz CT molecular complexity index is 568. The highest BCUT2D eigenvalue weighted by Gasteiger charge is 2.32. The zero-order chi connectivity index (χ0) is 17.6. The number of carbonyl (C=O) groups is 1. The maximum Gasteiger partial charge on any atom is 0.225 e. The lowest BCUT2D eigenvalue weighted by Gasteiger charge is -2.44. The molecule has 3 rings (SSSR count). The lowest BCUT2D eigenvalue weighted by atomic mass is 9.81. The van der Waals surface area contributed by atoms with Gasteiger partial charge in [-0.3, -0.25) is 4.79 Å². The molecule has 0 aliphatic carbocycles. The molecule has 0 radical (unpaired) electrons. The van der Waals surface area contributed by atoms with Crippen molar-refractivity contribution < 1.29 is 4.79 Å². The van der Waals surface area contributed by atoms with Crippen molar-refractivity contribution in [2.75, 3.05) is 13.1 Å². The van der Waals surface area contributed by atoms with Gasteiger partial charge < -0.3 is 10.6 Å². The predicted octanol–water partition coefficient (Wildman–Crippen LogP) is 2.30. The maximum absolute atomic E-state index is 11.2. The van der Waals surface area contributed by atoms with E-state index < -0.39 is 0 Å². The van der Waals surface area contributed by atoms with Gasteiger partial charge in [-0.25, -0.2) is 9.67 Å². The van der Waals surface area contributed by atoms with E-state index in [1.165, 1.54) is 51.6 Å². The Morgan fingerprint density at radius 1 is 1.24 bits per heavy atom. The van der Waals surface area contributed by atoms with E-state index in [0.717, 1.165) is 43.6 Å². The van der Waals surface area contributed by atoms with Crippen LogP contribution in [-0.4, -0.2) is 44.7 Å². The summed E-state index contributed by atoms with van der Waals surface area (Å²) in [6.07, 6.45) is 11.3. The van der Waals surface area contributed by atoms with Crippen molar-refractivity contribution in [3.05, 3.63) is 11.6 Å². The van der Waals surface area contributed by atoms with Crippen molar-refractivity contribution in [2.24, 2.45) is 11.7 Å². The van der Waals surface area contributed by atoms with Crippen molar-refractivity contribution >= 4 is 5.91 Å². The SMILES string of the molecule is CCCCn1nc(CC(N)=O)nc1CC[C@@H]1CCCN2CCCC[C@H]12. The monoisotopic (exact) mass is 347 g/mol. The molecule has 0 aromatic carbocycles. The molecule has 0 bridgehead atoms. The number of hydrogen-bond acceptors (Lipinski definition) is 4. The summed E-state index contributed by atoms with van der Waals surface area (Å²) in [7, 11) is 0. The van der Waals surface area contributed by atoms with Gasteiger partial charge in [0, 0.05) is 19.0 Å². The molecular weight excluding hydrogens is 314 g/mol. The number of nitrogens with two attached hydrogens (primary N) is 1. The second kappa shape index (κ2) is 8.79. The third kappa shape index (κ3) is 4.81. The highest BCUT2D eigenvalue weighted by molar-refractivity contribution is 5.75. The van der Waals surface area contributed by atoms with Crippen molar-refractivity contribution in [3.8, 4) is 0 Å². The molecule has 2 atom stereocenters. The quantitative estimate of drug-likeness (QED) is 0.783. The first-order valence-corrected chi connectivity index (χ1v) is 10.1. The van der Waals surface area contributed by atoms with Gasteiger partial charge in [-0.15, -0.1) is 0 Å². The molecule has 140 valence electrons. The maximum atomic E-state index is 11.2. The van der Waals surface area contributed by atoms with Crippen LogP contribution in [0.1, 0.15) is 69.9 Å². The number of piperidine rings is 2. The van der Waals surface area contributed by atoms with Gasteiger partial charge in [-0.2, -0.15) is 5.10 Å². The molecule has 2 fully saturated rings. The first-order valence-electron chi connectivity index (χ1n) is 10.1. The van der Waals surface area contributed by atoms with Crippen LogP contribution in [0.2, 0.25) is 0 Å². The summed E-state index contributed by atoms with van der Waals surface area (Å²) in [6, 6.07) is 0.777. The molecule has 0 spiro atoms. The third-order valence-corrected chi connectivity index (χ3v) is 5.82. The van der Waals surface area contributed by atoms with Crippen molar-refractivity contribution in [1.82, 2.24) is 19.7 Å². The van der Waals surface area contributed by atoms with E-state index in [-0.39, 0.29) is 12.3 Å². The van der Waals surface area contributed by atoms with E-state index in [1.54, 1.807) is 0 Å². The van der Waals surface area contributed by atoms with Gasteiger partial charge in [0.05, 0.1) is 6.42 Å². The smallest absolute Gasteiger partial charge is 0.225 e. The van der Waals surface area contributed by atoms with E-state index >= 15 is 0 Å². The zero-order valence-corrected chi connectivity index (χ0v) is 15.6. The van der Waals surface area contributed by atoms with Crippen LogP contribution in [0, 0.1) is 5.92 Å². The Kier molecular flexibility index (Phi) is 6.45. The van der Waals surface area contributed by atoms with E-state index in [2.05, 4.69) is 21.9 Å². The number of rotatable bonds is 8. The van der Waals surface area contributed by atoms with Crippen LogP contribution < -0.4 is 5.73 Å². The third-order valence-electron chi connectivity index (χ3n) is 5.82. The van der Waals surface area contributed by atoms with Gasteiger partial charge in [0.15, 0.2) is 5.82 Å². The molecule has 2 aliphatic rings. The van der Waals surface area contributed by atoms with Crippen LogP contribution in [0.5, 0.6) is 0 Å². The lowest BCUT2D eigenvalue weighted by molar-refractivity contribution is -0.117. The molecule has 2 saturated heterocycles. The molecule has 6 nitrogen and oxygen atoms in total. The highest BCUT2D eigenvalue weighted by Crippen LogP contribution is 2.33. The fourth-order valence-electron chi connectivity index (χ4n) is 4.56. The molecule has 2 N–H and O–H groups in total. The molecule has 2 aliphatic heterocycles. The highest BCUT2D eigenvalue weighted by atomic mass is 16.1.